The first kappa shape index (κ1) is 9.43. The third-order valence-electron chi connectivity index (χ3n) is 2.42. The predicted molar refractivity (Wildman–Crippen MR) is 56.3 cm³/mol. The number of hydrogen-bond donors (Lipinski definition) is 1. The monoisotopic (exact) mass is 215 g/mol. The molecule has 0 aromatic carbocycles. The Balaban J connectivity index is 1.94. The minimum atomic E-state index is 0.661. The zero-order chi connectivity index (χ0) is 9.10. The molecule has 2 unspecified atom stereocenters. The standard InChI is InChI=1S/C8H13N3S2/c1-9-6-3-2-4-7(6)12-8-10-5-11-13-8/h5-7,9H,2-4H2,1H3. The molecule has 3 nitrogen and oxygen atoms in total. The largest absolute Gasteiger partial charge is 0.316 e. The molecule has 1 fully saturated rings. The Kier molecular flexibility index (Phi) is 3.18. The quantitative estimate of drug-likeness (QED) is 0.834. The number of nitrogens with zero attached hydrogens (tertiary/aromatic N) is 2. The van der Waals surface area contributed by atoms with E-state index in [4.69, 9.17) is 0 Å². The van der Waals surface area contributed by atoms with Gasteiger partial charge in [-0.2, -0.15) is 4.37 Å². The van der Waals surface area contributed by atoms with E-state index >= 15 is 0 Å². The lowest BCUT2D eigenvalue weighted by Gasteiger charge is -2.16. The zero-order valence-corrected chi connectivity index (χ0v) is 9.20. The van der Waals surface area contributed by atoms with Crippen LogP contribution < -0.4 is 5.32 Å². The van der Waals surface area contributed by atoms with Gasteiger partial charge in [-0.05, 0) is 31.4 Å². The molecule has 0 spiro atoms. The number of rotatable bonds is 3. The van der Waals surface area contributed by atoms with Gasteiger partial charge >= 0.3 is 0 Å². The summed E-state index contributed by atoms with van der Waals surface area (Å²) in [5.74, 6) is 0. The average Bonchev–Trinajstić information content (AvgIpc) is 2.76. The Morgan fingerprint density at radius 1 is 1.62 bits per heavy atom. The lowest BCUT2D eigenvalue weighted by atomic mass is 10.2. The van der Waals surface area contributed by atoms with Gasteiger partial charge in [0.25, 0.3) is 0 Å². The van der Waals surface area contributed by atoms with E-state index in [1.807, 2.05) is 18.8 Å². The first-order chi connectivity index (χ1) is 6.40. The van der Waals surface area contributed by atoms with Crippen LogP contribution in [0.3, 0.4) is 0 Å². The van der Waals surface area contributed by atoms with Crippen LogP contribution in [0.1, 0.15) is 19.3 Å². The van der Waals surface area contributed by atoms with Gasteiger partial charge in [0.2, 0.25) is 0 Å². The molecule has 0 radical (unpaired) electrons. The Morgan fingerprint density at radius 2 is 2.54 bits per heavy atom. The van der Waals surface area contributed by atoms with Crippen molar-refractivity contribution in [2.24, 2.45) is 0 Å². The molecule has 1 aromatic rings. The molecule has 0 aliphatic heterocycles. The third-order valence-corrected chi connectivity index (χ3v) is 4.56. The smallest absolute Gasteiger partial charge is 0.170 e. The van der Waals surface area contributed by atoms with Crippen molar-refractivity contribution in [1.82, 2.24) is 14.7 Å². The summed E-state index contributed by atoms with van der Waals surface area (Å²) in [6, 6.07) is 0.661. The maximum atomic E-state index is 4.19. The Bertz CT molecular complexity index is 250. The lowest BCUT2D eigenvalue weighted by molar-refractivity contribution is 0.591. The van der Waals surface area contributed by atoms with Gasteiger partial charge in [0.05, 0.1) is 0 Å². The van der Waals surface area contributed by atoms with Crippen molar-refractivity contribution in [3.8, 4) is 0 Å². The van der Waals surface area contributed by atoms with Crippen molar-refractivity contribution >= 4 is 23.3 Å². The van der Waals surface area contributed by atoms with E-state index in [9.17, 15) is 0 Å². The topological polar surface area (TPSA) is 37.8 Å². The number of hydrogen-bond acceptors (Lipinski definition) is 5. The fraction of sp³-hybridized carbons (Fsp3) is 0.750. The van der Waals surface area contributed by atoms with Crippen LogP contribution in [-0.4, -0.2) is 27.7 Å². The molecular formula is C8H13N3S2. The van der Waals surface area contributed by atoms with Crippen LogP contribution in [0, 0.1) is 0 Å². The van der Waals surface area contributed by atoms with Crippen molar-refractivity contribution in [3.05, 3.63) is 6.33 Å². The van der Waals surface area contributed by atoms with Crippen LogP contribution in [0.5, 0.6) is 0 Å². The summed E-state index contributed by atoms with van der Waals surface area (Å²) in [6.45, 7) is 0. The third kappa shape index (κ3) is 2.21. The maximum absolute atomic E-state index is 4.19. The van der Waals surface area contributed by atoms with Gasteiger partial charge in [-0.25, -0.2) is 4.98 Å². The van der Waals surface area contributed by atoms with Gasteiger partial charge in [0.15, 0.2) is 4.34 Å². The molecule has 1 N–H and O–H groups in total. The Labute approximate surface area is 86.5 Å². The van der Waals surface area contributed by atoms with Crippen LogP contribution in [-0.2, 0) is 0 Å². The van der Waals surface area contributed by atoms with Crippen molar-refractivity contribution in [3.63, 3.8) is 0 Å². The van der Waals surface area contributed by atoms with E-state index in [0.29, 0.717) is 11.3 Å². The van der Waals surface area contributed by atoms with Crippen molar-refractivity contribution in [1.29, 1.82) is 0 Å². The Hall–Kier alpha value is -0.130. The summed E-state index contributed by atoms with van der Waals surface area (Å²) < 4.78 is 5.11. The van der Waals surface area contributed by atoms with Crippen LogP contribution in [0.25, 0.3) is 0 Å². The first-order valence-electron chi connectivity index (χ1n) is 4.51. The van der Waals surface area contributed by atoms with Gasteiger partial charge in [0.1, 0.15) is 6.33 Å². The summed E-state index contributed by atoms with van der Waals surface area (Å²) in [7, 11) is 2.05. The average molecular weight is 215 g/mol. The minimum absolute atomic E-state index is 0.661. The summed E-state index contributed by atoms with van der Waals surface area (Å²) in [4.78, 5) is 4.19. The summed E-state index contributed by atoms with van der Waals surface area (Å²) in [5, 5.41) is 4.05. The number of nitrogens with one attached hydrogen (secondary N) is 1. The van der Waals surface area contributed by atoms with Crippen LogP contribution in [0.15, 0.2) is 10.7 Å². The fourth-order valence-corrected chi connectivity index (χ4v) is 3.78. The number of aromatic nitrogens is 2. The minimum Gasteiger partial charge on any atom is -0.316 e. The zero-order valence-electron chi connectivity index (χ0n) is 7.56. The van der Waals surface area contributed by atoms with E-state index in [0.717, 1.165) is 4.34 Å². The van der Waals surface area contributed by atoms with Gasteiger partial charge in [-0.1, -0.05) is 18.2 Å². The second-order valence-corrected chi connectivity index (χ2v) is 5.46. The molecule has 13 heavy (non-hydrogen) atoms. The van der Waals surface area contributed by atoms with E-state index < -0.39 is 0 Å². The van der Waals surface area contributed by atoms with Crippen LogP contribution in [0.2, 0.25) is 0 Å². The highest BCUT2D eigenvalue weighted by Crippen LogP contribution is 2.34. The van der Waals surface area contributed by atoms with Gasteiger partial charge in [-0.15, -0.1) is 0 Å². The van der Waals surface area contributed by atoms with E-state index in [1.54, 1.807) is 6.33 Å². The highest BCUT2D eigenvalue weighted by molar-refractivity contribution is 8.01. The van der Waals surface area contributed by atoms with E-state index in [-0.39, 0.29) is 0 Å². The summed E-state index contributed by atoms with van der Waals surface area (Å²) in [5.41, 5.74) is 0. The predicted octanol–water partition coefficient (Wildman–Crippen LogP) is 1.77. The van der Waals surface area contributed by atoms with E-state index in [2.05, 4.69) is 14.7 Å². The number of thioether (sulfide) groups is 1. The second-order valence-electron chi connectivity index (χ2n) is 3.19. The SMILES string of the molecule is CNC1CCCC1Sc1ncns1. The van der Waals surface area contributed by atoms with Crippen molar-refractivity contribution in [2.45, 2.75) is 34.9 Å². The molecule has 0 amide bonds. The second kappa shape index (κ2) is 4.39. The first-order valence-corrected chi connectivity index (χ1v) is 6.16. The lowest BCUT2D eigenvalue weighted by Crippen LogP contribution is -2.30. The molecule has 1 aromatic heterocycles. The molecule has 2 atom stereocenters. The van der Waals surface area contributed by atoms with Gasteiger partial charge < -0.3 is 5.32 Å². The van der Waals surface area contributed by atoms with Crippen molar-refractivity contribution in [2.75, 3.05) is 7.05 Å². The highest BCUT2D eigenvalue weighted by Gasteiger charge is 2.27. The molecule has 1 aliphatic carbocycles. The molecular weight excluding hydrogens is 202 g/mol. The van der Waals surface area contributed by atoms with Crippen molar-refractivity contribution < 1.29 is 0 Å². The Morgan fingerprint density at radius 3 is 3.23 bits per heavy atom. The summed E-state index contributed by atoms with van der Waals surface area (Å²) >= 11 is 3.37. The highest BCUT2D eigenvalue weighted by atomic mass is 32.2. The molecule has 1 aliphatic rings. The molecule has 5 heteroatoms. The van der Waals surface area contributed by atoms with Crippen LogP contribution >= 0.6 is 23.3 Å². The molecule has 0 bridgehead atoms. The molecule has 1 heterocycles. The van der Waals surface area contributed by atoms with Gasteiger partial charge in [0, 0.05) is 11.3 Å². The molecule has 0 saturated heterocycles. The van der Waals surface area contributed by atoms with E-state index in [1.165, 1.54) is 30.8 Å². The summed E-state index contributed by atoms with van der Waals surface area (Å²) in [6.07, 6.45) is 5.57. The maximum Gasteiger partial charge on any atom is 0.170 e. The fourth-order valence-electron chi connectivity index (χ4n) is 1.74. The molecule has 1 saturated carbocycles. The normalized spacial score (nSPS) is 28.1. The van der Waals surface area contributed by atoms with Crippen LogP contribution in [0.4, 0.5) is 0 Å². The van der Waals surface area contributed by atoms with Gasteiger partial charge in [-0.3, -0.25) is 0 Å². The molecule has 72 valence electrons. The molecule has 2 rings (SSSR count).